The Kier molecular flexibility index (Phi) is 5.02. The highest BCUT2D eigenvalue weighted by atomic mass is 32.2. The molecule has 1 aliphatic rings. The Bertz CT molecular complexity index is 943. The summed E-state index contributed by atoms with van der Waals surface area (Å²) >= 11 is 1.79. The van der Waals surface area contributed by atoms with Gasteiger partial charge in [-0.15, -0.1) is 11.8 Å². The van der Waals surface area contributed by atoms with Gasteiger partial charge in [0, 0.05) is 5.25 Å². The molecular formula is C22H22O3S. The fourth-order valence-electron chi connectivity index (χ4n) is 3.71. The molecule has 0 radical (unpaired) electrons. The summed E-state index contributed by atoms with van der Waals surface area (Å²) in [7, 11) is 0. The lowest BCUT2D eigenvalue weighted by atomic mass is 10.0. The molecule has 1 fully saturated rings. The second-order valence-electron chi connectivity index (χ2n) is 6.83. The molecular weight excluding hydrogens is 344 g/mol. The minimum Gasteiger partial charge on any atom is -0.507 e. The van der Waals surface area contributed by atoms with Crippen LogP contribution >= 0.6 is 11.8 Å². The van der Waals surface area contributed by atoms with Crippen LogP contribution in [0.25, 0.3) is 11.0 Å². The van der Waals surface area contributed by atoms with E-state index in [1.807, 2.05) is 36.4 Å². The van der Waals surface area contributed by atoms with Gasteiger partial charge in [0.15, 0.2) is 0 Å². The molecule has 0 spiro atoms. The van der Waals surface area contributed by atoms with Gasteiger partial charge in [0.05, 0.1) is 16.2 Å². The third-order valence-electron chi connectivity index (χ3n) is 5.07. The van der Waals surface area contributed by atoms with E-state index in [0.29, 0.717) is 21.8 Å². The Morgan fingerprint density at radius 2 is 1.65 bits per heavy atom. The highest BCUT2D eigenvalue weighted by Gasteiger charge is 2.28. The highest BCUT2D eigenvalue weighted by molar-refractivity contribution is 8.00. The van der Waals surface area contributed by atoms with Crippen LogP contribution in [-0.2, 0) is 0 Å². The normalized spacial score (nSPS) is 16.6. The zero-order valence-electron chi connectivity index (χ0n) is 14.6. The molecule has 1 unspecified atom stereocenters. The van der Waals surface area contributed by atoms with Gasteiger partial charge in [0.1, 0.15) is 11.3 Å². The minimum atomic E-state index is -0.446. The quantitative estimate of drug-likeness (QED) is 0.606. The van der Waals surface area contributed by atoms with Crippen molar-refractivity contribution in [2.24, 2.45) is 0 Å². The minimum absolute atomic E-state index is 0.0500. The Morgan fingerprint density at radius 1 is 0.962 bits per heavy atom. The van der Waals surface area contributed by atoms with Gasteiger partial charge in [-0.3, -0.25) is 0 Å². The molecule has 0 bridgehead atoms. The maximum absolute atomic E-state index is 12.8. The van der Waals surface area contributed by atoms with E-state index in [9.17, 15) is 9.90 Å². The molecule has 1 aromatic heterocycles. The fourth-order valence-corrected chi connectivity index (χ4v) is 5.36. The number of fused-ring (bicyclic) bond motifs is 1. The van der Waals surface area contributed by atoms with Crippen LogP contribution in [-0.4, -0.2) is 10.4 Å². The summed E-state index contributed by atoms with van der Waals surface area (Å²) in [6.07, 6.45) is 6.08. The molecule has 4 heteroatoms. The number of benzene rings is 2. The van der Waals surface area contributed by atoms with Crippen LogP contribution in [0.1, 0.15) is 48.5 Å². The number of aromatic hydroxyl groups is 1. The van der Waals surface area contributed by atoms with Crippen LogP contribution in [0.5, 0.6) is 5.75 Å². The second-order valence-corrected chi connectivity index (χ2v) is 8.25. The number of hydrogen-bond donors (Lipinski definition) is 1. The predicted octanol–water partition coefficient (Wildman–Crippen LogP) is 5.65. The monoisotopic (exact) mass is 366 g/mol. The Hall–Kier alpha value is -2.20. The van der Waals surface area contributed by atoms with Crippen LogP contribution in [0.2, 0.25) is 0 Å². The maximum atomic E-state index is 12.8. The van der Waals surface area contributed by atoms with Crippen molar-refractivity contribution in [2.75, 3.05) is 0 Å². The van der Waals surface area contributed by atoms with Crippen LogP contribution in [0, 0.1) is 0 Å². The van der Waals surface area contributed by atoms with Crippen LogP contribution in [0.3, 0.4) is 0 Å². The van der Waals surface area contributed by atoms with Crippen molar-refractivity contribution in [3.05, 3.63) is 76.1 Å². The topological polar surface area (TPSA) is 50.4 Å². The van der Waals surface area contributed by atoms with Gasteiger partial charge in [0.25, 0.3) is 0 Å². The van der Waals surface area contributed by atoms with Gasteiger partial charge >= 0.3 is 5.63 Å². The molecule has 1 heterocycles. The number of thioether (sulfide) groups is 1. The van der Waals surface area contributed by atoms with Gasteiger partial charge in [0.2, 0.25) is 0 Å². The molecule has 3 nitrogen and oxygen atoms in total. The van der Waals surface area contributed by atoms with Gasteiger partial charge < -0.3 is 9.52 Å². The SMILES string of the molecule is O=c1oc2ccccc2c(O)c1C(SC1CCCCC1)c1ccccc1. The van der Waals surface area contributed by atoms with Crippen molar-refractivity contribution in [3.63, 3.8) is 0 Å². The summed E-state index contributed by atoms with van der Waals surface area (Å²) in [6, 6.07) is 17.1. The molecule has 2 aromatic carbocycles. The first-order valence-electron chi connectivity index (χ1n) is 9.19. The van der Waals surface area contributed by atoms with Gasteiger partial charge in [-0.25, -0.2) is 4.79 Å². The smallest absolute Gasteiger partial charge is 0.344 e. The molecule has 0 amide bonds. The summed E-state index contributed by atoms with van der Waals surface area (Å²) in [5, 5.41) is 11.8. The Balaban J connectivity index is 1.83. The van der Waals surface area contributed by atoms with E-state index >= 15 is 0 Å². The van der Waals surface area contributed by atoms with E-state index in [2.05, 4.69) is 0 Å². The summed E-state index contributed by atoms with van der Waals surface area (Å²) in [4.78, 5) is 12.8. The average Bonchev–Trinajstić information content (AvgIpc) is 2.69. The molecule has 0 saturated heterocycles. The highest BCUT2D eigenvalue weighted by Crippen LogP contribution is 2.45. The van der Waals surface area contributed by atoms with E-state index in [0.717, 1.165) is 18.4 Å². The van der Waals surface area contributed by atoms with Crippen molar-refractivity contribution in [3.8, 4) is 5.75 Å². The van der Waals surface area contributed by atoms with Gasteiger partial charge in [-0.05, 0) is 30.5 Å². The number of rotatable bonds is 4. The summed E-state index contributed by atoms with van der Waals surface area (Å²) in [6.45, 7) is 0. The molecule has 1 N–H and O–H groups in total. The predicted molar refractivity (Wildman–Crippen MR) is 107 cm³/mol. The third-order valence-corrected chi connectivity index (χ3v) is 6.70. The maximum Gasteiger partial charge on any atom is 0.344 e. The standard InChI is InChI=1S/C22H22O3S/c23-20-17-13-7-8-14-18(17)25-22(24)19(20)21(15-9-3-1-4-10-15)26-16-11-5-2-6-12-16/h1,3-4,7-10,13-14,16,21,23H,2,5-6,11-12H2. The van der Waals surface area contributed by atoms with E-state index < -0.39 is 5.63 Å². The molecule has 26 heavy (non-hydrogen) atoms. The first kappa shape index (κ1) is 17.2. The fraction of sp³-hybridized carbons (Fsp3) is 0.318. The van der Waals surface area contributed by atoms with Gasteiger partial charge in [-0.1, -0.05) is 61.7 Å². The summed E-state index contributed by atoms with van der Waals surface area (Å²) < 4.78 is 5.54. The van der Waals surface area contributed by atoms with Gasteiger partial charge in [-0.2, -0.15) is 0 Å². The summed E-state index contributed by atoms with van der Waals surface area (Å²) in [5.41, 5.74) is 1.37. The first-order valence-corrected chi connectivity index (χ1v) is 10.1. The first-order chi connectivity index (χ1) is 12.7. The van der Waals surface area contributed by atoms with Crippen LogP contribution in [0.15, 0.2) is 63.8 Å². The average molecular weight is 366 g/mol. The molecule has 4 rings (SSSR count). The Labute approximate surface area is 157 Å². The van der Waals surface area contributed by atoms with E-state index in [4.69, 9.17) is 4.42 Å². The molecule has 3 aromatic rings. The van der Waals surface area contributed by atoms with Crippen molar-refractivity contribution >= 4 is 22.7 Å². The lowest BCUT2D eigenvalue weighted by Crippen LogP contribution is -2.17. The molecule has 0 aliphatic heterocycles. The molecule has 1 atom stereocenters. The lowest BCUT2D eigenvalue weighted by molar-refractivity contribution is 0.457. The number of para-hydroxylation sites is 1. The second kappa shape index (κ2) is 7.58. The van der Waals surface area contributed by atoms with E-state index in [-0.39, 0.29) is 11.0 Å². The van der Waals surface area contributed by atoms with Crippen LogP contribution in [0.4, 0.5) is 0 Å². The Morgan fingerprint density at radius 3 is 2.42 bits per heavy atom. The summed E-state index contributed by atoms with van der Waals surface area (Å²) in [5.74, 6) is 0.0500. The van der Waals surface area contributed by atoms with Crippen molar-refractivity contribution in [2.45, 2.75) is 42.6 Å². The van der Waals surface area contributed by atoms with E-state index in [1.165, 1.54) is 19.3 Å². The molecule has 134 valence electrons. The molecule has 1 saturated carbocycles. The van der Waals surface area contributed by atoms with E-state index in [1.54, 1.807) is 30.0 Å². The van der Waals surface area contributed by atoms with Crippen molar-refractivity contribution in [1.82, 2.24) is 0 Å². The third kappa shape index (κ3) is 3.38. The van der Waals surface area contributed by atoms with Crippen molar-refractivity contribution in [1.29, 1.82) is 0 Å². The largest absolute Gasteiger partial charge is 0.507 e. The zero-order valence-corrected chi connectivity index (χ0v) is 15.4. The number of hydrogen-bond acceptors (Lipinski definition) is 4. The zero-order chi connectivity index (χ0) is 17.9. The van der Waals surface area contributed by atoms with Crippen LogP contribution < -0.4 is 5.63 Å². The van der Waals surface area contributed by atoms with Crippen molar-refractivity contribution < 1.29 is 9.52 Å². The lowest BCUT2D eigenvalue weighted by Gasteiger charge is -2.26. The molecule has 1 aliphatic carbocycles.